The molecule has 1 aromatic heterocycles. The molecule has 1 atom stereocenters. The lowest BCUT2D eigenvalue weighted by Crippen LogP contribution is -2.35. The van der Waals surface area contributed by atoms with Gasteiger partial charge in [0.15, 0.2) is 0 Å². The Labute approximate surface area is 201 Å². The van der Waals surface area contributed by atoms with Gasteiger partial charge in [-0.15, -0.1) is 5.10 Å². The maximum Gasteiger partial charge on any atom is 0.234 e. The second-order valence-corrected chi connectivity index (χ2v) is 8.94. The smallest absolute Gasteiger partial charge is 0.234 e. The summed E-state index contributed by atoms with van der Waals surface area (Å²) in [6.45, 7) is 3.27. The molecular formula is C25H24N6O2S. The first kappa shape index (κ1) is 23.2. The third-order valence-corrected chi connectivity index (χ3v) is 6.09. The van der Waals surface area contributed by atoms with E-state index < -0.39 is 5.25 Å². The minimum Gasteiger partial charge on any atom is -0.344 e. The average Bonchev–Trinajstić information content (AvgIpc) is 3.31. The number of benzene rings is 3. The number of nitrogens with one attached hydrogen (secondary N) is 2. The molecule has 2 amide bonds. The van der Waals surface area contributed by atoms with E-state index in [1.54, 1.807) is 22.9 Å². The van der Waals surface area contributed by atoms with Crippen LogP contribution in [0, 0.1) is 0 Å². The van der Waals surface area contributed by atoms with E-state index in [0.29, 0.717) is 16.5 Å². The van der Waals surface area contributed by atoms with Crippen LogP contribution in [0.25, 0.3) is 5.69 Å². The van der Waals surface area contributed by atoms with E-state index >= 15 is 0 Å². The number of thioether (sulfide) groups is 1. The van der Waals surface area contributed by atoms with E-state index in [2.05, 4.69) is 26.2 Å². The van der Waals surface area contributed by atoms with Crippen LogP contribution in [0.3, 0.4) is 0 Å². The molecule has 1 heterocycles. The van der Waals surface area contributed by atoms with Crippen LogP contribution in [0.5, 0.6) is 0 Å². The van der Waals surface area contributed by atoms with Crippen molar-refractivity contribution in [2.24, 2.45) is 0 Å². The van der Waals surface area contributed by atoms with Gasteiger partial charge in [0.05, 0.1) is 17.0 Å². The van der Waals surface area contributed by atoms with Gasteiger partial charge in [-0.3, -0.25) is 9.59 Å². The maximum atomic E-state index is 13.2. The molecule has 4 rings (SSSR count). The number of carbonyl (C=O) groups is 2. The number of hydrogen-bond donors (Lipinski definition) is 2. The van der Waals surface area contributed by atoms with Crippen LogP contribution in [0.15, 0.2) is 90.1 Å². The number of anilines is 1. The highest BCUT2D eigenvalue weighted by molar-refractivity contribution is 8.00. The van der Waals surface area contributed by atoms with Crippen LogP contribution >= 0.6 is 11.8 Å². The zero-order chi connectivity index (χ0) is 23.9. The van der Waals surface area contributed by atoms with Gasteiger partial charge in [0, 0.05) is 12.6 Å². The molecule has 0 saturated heterocycles. The van der Waals surface area contributed by atoms with Gasteiger partial charge < -0.3 is 10.6 Å². The Morgan fingerprint density at radius 1 is 0.912 bits per heavy atom. The van der Waals surface area contributed by atoms with Crippen molar-refractivity contribution in [3.63, 3.8) is 0 Å². The quantitative estimate of drug-likeness (QED) is 0.376. The summed E-state index contributed by atoms with van der Waals surface area (Å²) in [5.41, 5.74) is 3.31. The van der Waals surface area contributed by atoms with E-state index in [0.717, 1.165) is 11.1 Å². The number of hydrogen-bond acceptors (Lipinski definition) is 6. The highest BCUT2D eigenvalue weighted by atomic mass is 32.2. The highest BCUT2D eigenvalue weighted by Gasteiger charge is 2.23. The standard InChI is InChI=1S/C25H24N6O2S/c1-17(24(33)27-23(19-10-5-3-6-11-19)20-12-7-4-8-13-20)34-25-28-29-30-31(25)22-15-9-14-21(16-22)26-18(2)32/h3-17,23H,1-2H3,(H,26,32)(H,27,33). The van der Waals surface area contributed by atoms with E-state index in [-0.39, 0.29) is 17.9 Å². The highest BCUT2D eigenvalue weighted by Crippen LogP contribution is 2.26. The third kappa shape index (κ3) is 5.68. The minimum atomic E-state index is -0.460. The topological polar surface area (TPSA) is 102 Å². The lowest BCUT2D eigenvalue weighted by atomic mass is 9.98. The monoisotopic (exact) mass is 472 g/mol. The number of aromatic nitrogens is 4. The molecule has 9 heteroatoms. The molecule has 0 radical (unpaired) electrons. The van der Waals surface area contributed by atoms with Crippen molar-refractivity contribution in [1.82, 2.24) is 25.5 Å². The minimum absolute atomic E-state index is 0.135. The Kier molecular flexibility index (Phi) is 7.34. The number of nitrogens with zero attached hydrogens (tertiary/aromatic N) is 4. The van der Waals surface area contributed by atoms with Gasteiger partial charge in [-0.25, -0.2) is 0 Å². The van der Waals surface area contributed by atoms with E-state index in [4.69, 9.17) is 0 Å². The molecule has 4 aromatic rings. The van der Waals surface area contributed by atoms with Crippen LogP contribution in [-0.2, 0) is 9.59 Å². The summed E-state index contributed by atoms with van der Waals surface area (Å²) in [5, 5.41) is 17.9. The molecule has 0 bridgehead atoms. The molecule has 0 spiro atoms. The predicted octanol–water partition coefficient (Wildman–Crippen LogP) is 4.01. The lowest BCUT2D eigenvalue weighted by molar-refractivity contribution is -0.120. The zero-order valence-corrected chi connectivity index (χ0v) is 19.6. The number of rotatable bonds is 8. The van der Waals surface area contributed by atoms with Crippen molar-refractivity contribution in [1.29, 1.82) is 0 Å². The average molecular weight is 473 g/mol. The first-order chi connectivity index (χ1) is 16.5. The molecule has 172 valence electrons. The van der Waals surface area contributed by atoms with Gasteiger partial charge in [-0.1, -0.05) is 78.5 Å². The molecule has 0 aliphatic carbocycles. The summed E-state index contributed by atoms with van der Waals surface area (Å²) < 4.78 is 1.55. The van der Waals surface area contributed by atoms with Crippen molar-refractivity contribution in [2.45, 2.75) is 30.3 Å². The van der Waals surface area contributed by atoms with Gasteiger partial charge >= 0.3 is 0 Å². The fourth-order valence-corrected chi connectivity index (χ4v) is 4.27. The van der Waals surface area contributed by atoms with Crippen molar-refractivity contribution >= 4 is 29.3 Å². The van der Waals surface area contributed by atoms with Crippen LogP contribution in [-0.4, -0.2) is 37.3 Å². The Morgan fingerprint density at radius 3 is 2.18 bits per heavy atom. The fourth-order valence-electron chi connectivity index (χ4n) is 3.45. The van der Waals surface area contributed by atoms with Gasteiger partial charge in [0.25, 0.3) is 0 Å². The second-order valence-electron chi connectivity index (χ2n) is 7.63. The van der Waals surface area contributed by atoms with Crippen molar-refractivity contribution in [2.75, 3.05) is 5.32 Å². The Hall–Kier alpha value is -3.98. The van der Waals surface area contributed by atoms with E-state index in [9.17, 15) is 9.59 Å². The summed E-state index contributed by atoms with van der Waals surface area (Å²) in [6.07, 6.45) is 0. The third-order valence-electron chi connectivity index (χ3n) is 5.06. The lowest BCUT2D eigenvalue weighted by Gasteiger charge is -2.22. The summed E-state index contributed by atoms with van der Waals surface area (Å²) in [6, 6.07) is 26.6. The van der Waals surface area contributed by atoms with Crippen LogP contribution in [0.2, 0.25) is 0 Å². The molecule has 1 unspecified atom stereocenters. The molecule has 0 saturated carbocycles. The molecular weight excluding hydrogens is 448 g/mol. The molecule has 0 aliphatic rings. The molecule has 0 aliphatic heterocycles. The first-order valence-electron chi connectivity index (χ1n) is 10.7. The normalized spacial score (nSPS) is 11.7. The van der Waals surface area contributed by atoms with Crippen LogP contribution in [0.4, 0.5) is 5.69 Å². The number of amides is 2. The SMILES string of the molecule is CC(=O)Nc1cccc(-n2nnnc2SC(C)C(=O)NC(c2ccccc2)c2ccccc2)c1. The van der Waals surface area contributed by atoms with E-state index in [1.807, 2.05) is 73.7 Å². The second kappa shape index (κ2) is 10.8. The Morgan fingerprint density at radius 2 is 1.56 bits per heavy atom. The zero-order valence-electron chi connectivity index (χ0n) is 18.8. The van der Waals surface area contributed by atoms with Crippen LogP contribution in [0.1, 0.15) is 31.0 Å². The summed E-state index contributed by atoms with van der Waals surface area (Å²) in [7, 11) is 0. The summed E-state index contributed by atoms with van der Waals surface area (Å²) >= 11 is 1.26. The van der Waals surface area contributed by atoms with Gasteiger partial charge in [-0.05, 0) is 46.7 Å². The van der Waals surface area contributed by atoms with Gasteiger partial charge in [-0.2, -0.15) is 4.68 Å². The Balaban J connectivity index is 1.51. The molecule has 3 aromatic carbocycles. The molecule has 0 fully saturated rings. The largest absolute Gasteiger partial charge is 0.344 e. The van der Waals surface area contributed by atoms with E-state index in [1.165, 1.54) is 18.7 Å². The Bertz CT molecular complexity index is 1220. The molecule has 8 nitrogen and oxygen atoms in total. The van der Waals surface area contributed by atoms with Gasteiger partial charge in [0.1, 0.15) is 0 Å². The molecule has 34 heavy (non-hydrogen) atoms. The summed E-state index contributed by atoms with van der Waals surface area (Å²) in [5.74, 6) is -0.301. The predicted molar refractivity (Wildman–Crippen MR) is 132 cm³/mol. The summed E-state index contributed by atoms with van der Waals surface area (Å²) in [4.78, 5) is 24.6. The first-order valence-corrected chi connectivity index (χ1v) is 11.6. The number of tetrazole rings is 1. The van der Waals surface area contributed by atoms with Crippen molar-refractivity contribution in [3.8, 4) is 5.69 Å². The fraction of sp³-hybridized carbons (Fsp3) is 0.160. The van der Waals surface area contributed by atoms with Gasteiger partial charge in [0.2, 0.25) is 17.0 Å². The maximum absolute atomic E-state index is 13.2. The van der Waals surface area contributed by atoms with Crippen molar-refractivity contribution in [3.05, 3.63) is 96.1 Å². The number of carbonyl (C=O) groups excluding carboxylic acids is 2. The van der Waals surface area contributed by atoms with Crippen LogP contribution < -0.4 is 10.6 Å². The van der Waals surface area contributed by atoms with Crippen molar-refractivity contribution < 1.29 is 9.59 Å². The molecule has 2 N–H and O–H groups in total.